The fourth-order valence-corrected chi connectivity index (χ4v) is 3.92. The Morgan fingerprint density at radius 1 is 1.04 bits per heavy atom. The van der Waals surface area contributed by atoms with Crippen molar-refractivity contribution < 1.29 is 10.2 Å². The van der Waals surface area contributed by atoms with Crippen molar-refractivity contribution in [2.75, 3.05) is 0 Å². The van der Waals surface area contributed by atoms with Crippen LogP contribution in [0.15, 0.2) is 51.4 Å². The van der Waals surface area contributed by atoms with E-state index in [4.69, 9.17) is 0 Å². The smallest absolute Gasteiger partial charge is 0.143 e. The van der Waals surface area contributed by atoms with Crippen LogP contribution in [-0.2, 0) is 6.42 Å². The van der Waals surface area contributed by atoms with E-state index in [1.165, 1.54) is 5.56 Å². The van der Waals surface area contributed by atoms with Crippen molar-refractivity contribution in [1.82, 2.24) is 5.32 Å². The number of aromatic hydroxyl groups is 1. The van der Waals surface area contributed by atoms with Crippen molar-refractivity contribution in [1.29, 1.82) is 0 Å². The molecule has 3 atom stereocenters. The lowest BCUT2D eigenvalue weighted by Crippen LogP contribution is -2.38. The number of halogens is 3. The van der Waals surface area contributed by atoms with Crippen LogP contribution in [0.3, 0.4) is 0 Å². The number of phenolic OH excluding ortho intramolecular Hbond substituents is 1. The highest BCUT2D eigenvalue weighted by atomic mass is 79.9. The molecule has 0 radical (unpaired) electrons. The van der Waals surface area contributed by atoms with Gasteiger partial charge in [-0.2, -0.15) is 0 Å². The summed E-state index contributed by atoms with van der Waals surface area (Å²) in [4.78, 5) is 0. The molecule has 2 aromatic carbocycles. The number of aliphatic hydroxyl groups is 1. The van der Waals surface area contributed by atoms with Gasteiger partial charge in [0.1, 0.15) is 5.75 Å². The SMILES string of the molecule is CC(CCc1ccccc1)NC(C)C(O)c1cc(Br)c(O)c(Br)c1.Cl. The largest absolute Gasteiger partial charge is 0.506 e. The minimum Gasteiger partial charge on any atom is -0.506 e. The van der Waals surface area contributed by atoms with Gasteiger partial charge in [0.2, 0.25) is 0 Å². The molecule has 3 nitrogen and oxygen atoms in total. The van der Waals surface area contributed by atoms with E-state index in [2.05, 4.69) is 68.4 Å². The van der Waals surface area contributed by atoms with Gasteiger partial charge in [0, 0.05) is 12.1 Å². The molecule has 0 aliphatic rings. The molecule has 25 heavy (non-hydrogen) atoms. The van der Waals surface area contributed by atoms with Gasteiger partial charge in [-0.15, -0.1) is 12.4 Å². The second-order valence-electron chi connectivity index (χ2n) is 6.16. The molecule has 0 heterocycles. The van der Waals surface area contributed by atoms with Crippen LogP contribution in [0.2, 0.25) is 0 Å². The molecule has 0 saturated carbocycles. The lowest BCUT2D eigenvalue weighted by molar-refractivity contribution is 0.129. The normalized spacial score (nSPS) is 14.4. The third kappa shape index (κ3) is 6.57. The second kappa shape index (κ2) is 10.5. The van der Waals surface area contributed by atoms with Crippen LogP contribution in [-0.4, -0.2) is 22.3 Å². The van der Waals surface area contributed by atoms with E-state index < -0.39 is 6.10 Å². The van der Waals surface area contributed by atoms with Gasteiger partial charge >= 0.3 is 0 Å². The molecule has 0 amide bonds. The van der Waals surface area contributed by atoms with Crippen LogP contribution in [0.4, 0.5) is 0 Å². The molecule has 2 rings (SSSR count). The van der Waals surface area contributed by atoms with Gasteiger partial charge in [0.15, 0.2) is 0 Å². The molecular weight excluding hydrogens is 469 g/mol. The summed E-state index contributed by atoms with van der Waals surface area (Å²) < 4.78 is 1.13. The zero-order chi connectivity index (χ0) is 17.7. The maximum Gasteiger partial charge on any atom is 0.143 e. The first kappa shape index (κ1) is 22.5. The van der Waals surface area contributed by atoms with Gasteiger partial charge in [-0.3, -0.25) is 0 Å². The van der Waals surface area contributed by atoms with Crippen molar-refractivity contribution in [3.63, 3.8) is 0 Å². The summed E-state index contributed by atoms with van der Waals surface area (Å²) in [5, 5.41) is 23.8. The average Bonchev–Trinajstić information content (AvgIpc) is 2.57. The number of rotatable bonds is 7. The van der Waals surface area contributed by atoms with Gasteiger partial charge in [0.05, 0.1) is 15.0 Å². The third-order valence-corrected chi connectivity index (χ3v) is 5.32. The summed E-state index contributed by atoms with van der Waals surface area (Å²) in [5.74, 6) is 0.141. The Balaban J connectivity index is 0.00000312. The summed E-state index contributed by atoms with van der Waals surface area (Å²) in [5.41, 5.74) is 2.08. The highest BCUT2D eigenvalue weighted by Gasteiger charge is 2.20. The number of aliphatic hydroxyl groups excluding tert-OH is 1. The summed E-state index contributed by atoms with van der Waals surface area (Å²) in [6, 6.07) is 14.1. The van der Waals surface area contributed by atoms with Crippen LogP contribution in [0, 0.1) is 0 Å². The van der Waals surface area contributed by atoms with Gasteiger partial charge in [-0.05, 0) is 81.8 Å². The molecular formula is C19H24Br2ClNO2. The minimum absolute atomic E-state index is 0. The molecule has 2 aromatic rings. The molecule has 138 valence electrons. The zero-order valence-electron chi connectivity index (χ0n) is 14.2. The Bertz CT molecular complexity index is 647. The van der Waals surface area contributed by atoms with E-state index in [1.54, 1.807) is 12.1 Å². The van der Waals surface area contributed by atoms with Crippen molar-refractivity contribution >= 4 is 44.3 Å². The molecule has 0 aliphatic carbocycles. The summed E-state index contributed by atoms with van der Waals surface area (Å²) in [6.45, 7) is 4.10. The molecule has 3 N–H and O–H groups in total. The van der Waals surface area contributed by atoms with Crippen LogP contribution in [0.25, 0.3) is 0 Å². The van der Waals surface area contributed by atoms with Gasteiger partial charge < -0.3 is 15.5 Å². The number of hydrogen-bond acceptors (Lipinski definition) is 3. The topological polar surface area (TPSA) is 52.5 Å². The van der Waals surface area contributed by atoms with Crippen LogP contribution >= 0.6 is 44.3 Å². The van der Waals surface area contributed by atoms with E-state index in [0.717, 1.165) is 18.4 Å². The lowest BCUT2D eigenvalue weighted by atomic mass is 10.0. The fraction of sp³-hybridized carbons (Fsp3) is 0.368. The van der Waals surface area contributed by atoms with Crippen LogP contribution in [0.1, 0.15) is 37.5 Å². The lowest BCUT2D eigenvalue weighted by Gasteiger charge is -2.25. The van der Waals surface area contributed by atoms with Crippen molar-refractivity contribution in [2.45, 2.75) is 44.9 Å². The van der Waals surface area contributed by atoms with Crippen LogP contribution in [0.5, 0.6) is 5.75 Å². The molecule has 6 heteroatoms. The molecule has 3 unspecified atom stereocenters. The molecule has 0 spiro atoms. The maximum atomic E-state index is 10.6. The van der Waals surface area contributed by atoms with Gasteiger partial charge in [0.25, 0.3) is 0 Å². The van der Waals surface area contributed by atoms with Crippen molar-refractivity contribution in [2.24, 2.45) is 0 Å². The quantitative estimate of drug-likeness (QED) is 0.486. The van der Waals surface area contributed by atoms with E-state index in [9.17, 15) is 10.2 Å². The molecule has 0 fully saturated rings. The Morgan fingerprint density at radius 2 is 1.60 bits per heavy atom. The molecule has 0 bridgehead atoms. The van der Waals surface area contributed by atoms with E-state index in [0.29, 0.717) is 15.0 Å². The molecule has 0 saturated heterocycles. The first-order valence-electron chi connectivity index (χ1n) is 8.04. The van der Waals surface area contributed by atoms with E-state index in [-0.39, 0.29) is 24.2 Å². The number of aryl methyl sites for hydroxylation is 1. The number of hydrogen-bond donors (Lipinski definition) is 3. The Hall–Kier alpha value is -0.590. The number of nitrogens with one attached hydrogen (secondary N) is 1. The Morgan fingerprint density at radius 3 is 2.16 bits per heavy atom. The minimum atomic E-state index is -0.655. The Kier molecular flexibility index (Phi) is 9.46. The first-order chi connectivity index (χ1) is 11.4. The number of benzene rings is 2. The third-order valence-electron chi connectivity index (χ3n) is 4.11. The highest BCUT2D eigenvalue weighted by Crippen LogP contribution is 2.35. The maximum absolute atomic E-state index is 10.6. The van der Waals surface area contributed by atoms with E-state index in [1.807, 2.05) is 13.0 Å². The predicted molar refractivity (Wildman–Crippen MR) is 113 cm³/mol. The highest BCUT2D eigenvalue weighted by molar-refractivity contribution is 9.11. The monoisotopic (exact) mass is 491 g/mol. The predicted octanol–water partition coefficient (Wildman–Crippen LogP) is 5.37. The van der Waals surface area contributed by atoms with E-state index >= 15 is 0 Å². The van der Waals surface area contributed by atoms with Gasteiger partial charge in [-0.25, -0.2) is 0 Å². The zero-order valence-corrected chi connectivity index (χ0v) is 18.2. The summed E-state index contributed by atoms with van der Waals surface area (Å²) in [7, 11) is 0. The Labute approximate surface area is 172 Å². The number of phenols is 1. The molecule has 0 aromatic heterocycles. The second-order valence-corrected chi connectivity index (χ2v) is 7.87. The van der Waals surface area contributed by atoms with Crippen LogP contribution < -0.4 is 5.32 Å². The van der Waals surface area contributed by atoms with Crippen molar-refractivity contribution in [3.8, 4) is 5.75 Å². The van der Waals surface area contributed by atoms with Crippen molar-refractivity contribution in [3.05, 3.63) is 62.5 Å². The fourth-order valence-electron chi connectivity index (χ4n) is 2.70. The average molecular weight is 494 g/mol. The van der Waals surface area contributed by atoms with Gasteiger partial charge in [-0.1, -0.05) is 30.3 Å². The summed E-state index contributed by atoms with van der Waals surface area (Å²) in [6.07, 6.45) is 1.36. The molecule has 0 aliphatic heterocycles. The standard InChI is InChI=1S/C19H23Br2NO2.ClH/c1-12(8-9-14-6-4-3-5-7-14)22-13(2)18(23)15-10-16(20)19(24)17(21)11-15;/h3-7,10-13,18,22-24H,8-9H2,1-2H3;1H. The summed E-state index contributed by atoms with van der Waals surface area (Å²) >= 11 is 6.61. The first-order valence-corrected chi connectivity index (χ1v) is 9.63.